The molecule has 6 heterocycles. The highest BCUT2D eigenvalue weighted by molar-refractivity contribution is 6.75. The smallest absolute Gasteiger partial charge is 0.302 e. The zero-order valence-electron chi connectivity index (χ0n) is 69.5. The van der Waals surface area contributed by atoms with Gasteiger partial charge in [-0.2, -0.15) is 0 Å². The third kappa shape index (κ3) is 15.6. The number of carbonyl (C=O) groups is 3. The van der Waals surface area contributed by atoms with Crippen molar-refractivity contribution in [2.45, 2.75) is 188 Å². The molecule has 2 amide bonds. The SMILES string of the molecule is CCOC(C)=O.COc1c(C)cc2c(c1O)[C@@H]1C3=Cc4c(O[Si](C)(C)C(C)(C)C)c(C)c(OC)c(OC)c4[C@H](COCc4ccccc4)N3C(=O)[C@H](C2)N1C.COc1c(C)cc2c(c1OCc1ccccc1)[C@@H]1C3=Cc4c(O[Si](C)(C)C(C)(C)C)c(C)c(OC)c(OC)c4[C@H](COCc4ccccc4)N3C(=O)[C@H](C2)N1C. The number of hydrogen-bond acceptors (Lipinski definition) is 18. The molecule has 1 N–H and O–H groups in total. The van der Waals surface area contributed by atoms with Crippen LogP contribution in [0.4, 0.5) is 0 Å². The first-order chi connectivity index (χ1) is 52.6. The summed E-state index contributed by atoms with van der Waals surface area (Å²) in [5, 5.41) is 11.6. The molecule has 594 valence electrons. The van der Waals surface area contributed by atoms with Crippen LogP contribution in [0.15, 0.2) is 115 Å². The van der Waals surface area contributed by atoms with Gasteiger partial charge < -0.3 is 71.1 Å². The number of amides is 2. The van der Waals surface area contributed by atoms with Crippen LogP contribution >= 0.6 is 0 Å². The molecule has 13 rings (SSSR count). The van der Waals surface area contributed by atoms with Gasteiger partial charge in [0.15, 0.2) is 46.0 Å². The minimum atomic E-state index is -2.40. The van der Waals surface area contributed by atoms with Crippen LogP contribution in [0.1, 0.15) is 163 Å². The van der Waals surface area contributed by atoms with E-state index in [4.69, 9.17) is 51.5 Å². The average Bonchev–Trinajstić information content (AvgIpc) is 0.703. The van der Waals surface area contributed by atoms with Gasteiger partial charge in [-0.1, -0.05) is 145 Å². The van der Waals surface area contributed by atoms with E-state index in [0.29, 0.717) is 79.5 Å². The zero-order chi connectivity index (χ0) is 80.7. The summed E-state index contributed by atoms with van der Waals surface area (Å²) in [5.74, 6) is 5.47. The molecule has 111 heavy (non-hydrogen) atoms. The summed E-state index contributed by atoms with van der Waals surface area (Å²) in [5.41, 5.74) is 15.3. The summed E-state index contributed by atoms with van der Waals surface area (Å²) >= 11 is 0. The van der Waals surface area contributed by atoms with E-state index in [9.17, 15) is 14.7 Å². The van der Waals surface area contributed by atoms with Crippen molar-refractivity contribution in [1.29, 1.82) is 0 Å². The summed E-state index contributed by atoms with van der Waals surface area (Å²) in [4.78, 5) is 47.9. The fourth-order valence-electron chi connectivity index (χ4n) is 16.0. The number of carbonyl (C=O) groups excluding carboxylic acids is 3. The van der Waals surface area contributed by atoms with Crippen LogP contribution in [-0.2, 0) is 61.3 Å². The maximum absolute atomic E-state index is 15.1. The summed E-state index contributed by atoms with van der Waals surface area (Å²) < 4.78 is 75.1. The third-order valence-corrected chi connectivity index (χ3v) is 32.2. The lowest BCUT2D eigenvalue weighted by atomic mass is 9.78. The molecule has 0 radical (unpaired) electrons. The van der Waals surface area contributed by atoms with E-state index in [1.807, 2.05) is 137 Å². The maximum atomic E-state index is 15.1. The van der Waals surface area contributed by atoms with Gasteiger partial charge in [0, 0.05) is 62.8 Å². The minimum absolute atomic E-state index is 0.00768. The van der Waals surface area contributed by atoms with E-state index < -0.39 is 46.8 Å². The summed E-state index contributed by atoms with van der Waals surface area (Å²) in [6, 6.07) is 31.7. The number of aryl methyl sites for hydroxylation is 2. The van der Waals surface area contributed by atoms with E-state index in [1.165, 1.54) is 6.92 Å². The van der Waals surface area contributed by atoms with Crippen molar-refractivity contribution in [3.8, 4) is 57.5 Å². The molecule has 2 fully saturated rings. The van der Waals surface area contributed by atoms with Crippen LogP contribution in [0, 0.1) is 27.7 Å². The summed E-state index contributed by atoms with van der Waals surface area (Å²) in [6.07, 6.45) is 5.20. The number of rotatable bonds is 22. The van der Waals surface area contributed by atoms with Gasteiger partial charge in [0.25, 0.3) is 16.6 Å². The molecule has 7 aromatic carbocycles. The number of phenolic OH excluding ortho intramolecular Hbond substituents is 1. The van der Waals surface area contributed by atoms with Crippen molar-refractivity contribution in [2.24, 2.45) is 0 Å². The Hall–Kier alpha value is -9.30. The molecule has 6 atom stereocenters. The molecule has 6 aliphatic rings. The lowest BCUT2D eigenvalue weighted by Gasteiger charge is -2.53. The predicted molar refractivity (Wildman–Crippen MR) is 438 cm³/mol. The number of phenols is 1. The van der Waals surface area contributed by atoms with Crippen LogP contribution in [0.5, 0.6) is 57.5 Å². The monoisotopic (exact) mass is 1550 g/mol. The topological polar surface area (TPSA) is 195 Å². The maximum Gasteiger partial charge on any atom is 0.302 e. The van der Waals surface area contributed by atoms with Crippen molar-refractivity contribution < 1.29 is 75.7 Å². The third-order valence-electron chi connectivity index (χ3n) is 23.6. The Kier molecular flexibility index (Phi) is 24.7. The molecular weight excluding hydrogens is 1440 g/mol. The predicted octanol–water partition coefficient (Wildman–Crippen LogP) is 17.4. The normalized spacial score (nSPS) is 19.0. The van der Waals surface area contributed by atoms with Crippen LogP contribution in [0.3, 0.4) is 0 Å². The number of hydrogen-bond donors (Lipinski definition) is 1. The highest BCUT2D eigenvalue weighted by Crippen LogP contribution is 2.61. The van der Waals surface area contributed by atoms with E-state index in [0.717, 1.165) is 106 Å². The quantitative estimate of drug-likeness (QED) is 0.0496. The Morgan fingerprint density at radius 3 is 1.20 bits per heavy atom. The van der Waals surface area contributed by atoms with E-state index in [2.05, 4.69) is 113 Å². The fourth-order valence-corrected chi connectivity index (χ4v) is 18.1. The van der Waals surface area contributed by atoms with E-state index >= 15 is 4.79 Å². The van der Waals surface area contributed by atoms with Gasteiger partial charge in [0.1, 0.15) is 18.1 Å². The van der Waals surface area contributed by atoms with Crippen molar-refractivity contribution in [3.05, 3.63) is 198 Å². The first-order valence-corrected chi connectivity index (χ1v) is 44.1. The number of fused-ring (bicyclic) bond motifs is 14. The van der Waals surface area contributed by atoms with E-state index in [1.54, 1.807) is 49.6 Å². The van der Waals surface area contributed by atoms with Crippen LogP contribution < -0.4 is 42.0 Å². The average molecular weight is 1550 g/mol. The number of likely N-dealkylation sites (N-methyl/N-ethyl adjacent to an activating group) is 2. The Balaban J connectivity index is 0.000000206. The van der Waals surface area contributed by atoms with Crippen molar-refractivity contribution >= 4 is 46.6 Å². The highest BCUT2D eigenvalue weighted by Gasteiger charge is 2.56. The number of nitrogens with zero attached hydrogens (tertiary/aromatic N) is 4. The molecule has 20 nitrogen and oxygen atoms in total. The Morgan fingerprint density at radius 2 is 0.847 bits per heavy atom. The molecular formula is C89H114N4O16Si2. The van der Waals surface area contributed by atoms with Crippen LogP contribution in [0.2, 0.25) is 36.3 Å². The molecule has 22 heteroatoms. The van der Waals surface area contributed by atoms with Gasteiger partial charge in [-0.3, -0.25) is 24.2 Å². The van der Waals surface area contributed by atoms with Gasteiger partial charge in [-0.05, 0) is 149 Å². The molecule has 7 aromatic rings. The van der Waals surface area contributed by atoms with Crippen LogP contribution in [0.25, 0.3) is 12.2 Å². The largest absolute Gasteiger partial charge is 0.543 e. The molecule has 2 saturated heterocycles. The van der Waals surface area contributed by atoms with Gasteiger partial charge in [0.05, 0.1) is 112 Å². The zero-order valence-corrected chi connectivity index (χ0v) is 71.5. The number of methoxy groups -OCH3 is 6. The number of ether oxygens (including phenoxy) is 10. The Bertz CT molecular complexity index is 4680. The standard InChI is InChI=1S/C46H56N2O7Si.C39H50N2O7Si.C4H8O2/c1-28-22-32-23-35-45(49)48-34(39(47(35)6)37(32)44(40(28)50-7)54-26-31-20-16-13-17-21-31)24-33-38(36(48)27-53-25-30-18-14-12-15-19-30)43(52-9)42(51-8)29(2)41(33)55-56(10,11)46(3,4)5;1-22-17-25-18-28-38(43)41-27(32(40(28)6)30(25)33(42)34(22)44-7)19-26-31(29(41)21-47-20-24-15-13-12-14-16-24)37(46-9)36(45-8)23(2)35(26)48-49(10,11)39(3,4)5;1-3-6-4(2)5/h12-22,24,35-36,39H,23,25-27H2,1-11H3;12-17,19,28-29,32,42H,18,20-21H2,1-11H3;3H2,1-2H3/t35-,36-,39-;28-,29-,32-;/m00./s1. The number of esters is 1. The van der Waals surface area contributed by atoms with Crippen molar-refractivity contribution in [2.75, 3.05) is 76.6 Å². The molecule has 4 bridgehead atoms. The summed E-state index contributed by atoms with van der Waals surface area (Å²) in [6.45, 7) is 35.5. The number of benzene rings is 7. The number of aromatic hydroxyl groups is 1. The molecule has 0 aliphatic carbocycles. The first kappa shape index (κ1) is 82.7. The molecule has 0 unspecified atom stereocenters. The first-order valence-electron chi connectivity index (χ1n) is 38.3. The van der Waals surface area contributed by atoms with Gasteiger partial charge in [-0.25, -0.2) is 0 Å². The Morgan fingerprint density at radius 1 is 0.486 bits per heavy atom. The summed E-state index contributed by atoms with van der Waals surface area (Å²) in [7, 11) is 9.09. The molecule has 0 aromatic heterocycles. The van der Waals surface area contributed by atoms with Crippen molar-refractivity contribution in [1.82, 2.24) is 19.6 Å². The molecule has 6 aliphatic heterocycles. The van der Waals surface area contributed by atoms with Crippen molar-refractivity contribution in [3.63, 3.8) is 0 Å². The lowest BCUT2D eigenvalue weighted by Crippen LogP contribution is -2.60. The van der Waals surface area contributed by atoms with Gasteiger partial charge in [0.2, 0.25) is 11.8 Å². The van der Waals surface area contributed by atoms with Gasteiger partial charge >= 0.3 is 5.97 Å². The second kappa shape index (κ2) is 33.2. The second-order valence-corrected chi connectivity index (χ2v) is 42.0. The second-order valence-electron chi connectivity index (χ2n) is 32.6. The Labute approximate surface area is 658 Å². The van der Waals surface area contributed by atoms with E-state index in [-0.39, 0.29) is 52.9 Å². The van der Waals surface area contributed by atoms with Gasteiger partial charge in [-0.15, -0.1) is 0 Å². The lowest BCUT2D eigenvalue weighted by molar-refractivity contribution is -0.146. The minimum Gasteiger partial charge on any atom is -0.543 e. The fraction of sp³-hybridized carbons (Fsp3) is 0.449. The molecule has 0 saturated carbocycles. The molecule has 0 spiro atoms. The number of piperazine rings is 2. The highest BCUT2D eigenvalue weighted by atomic mass is 28.4. The van der Waals surface area contributed by atoms with Crippen LogP contribution in [-0.4, -0.2) is 148 Å².